The Hall–Kier alpha value is -2.77. The summed E-state index contributed by atoms with van der Waals surface area (Å²) in [5.74, 6) is -0.969. The molecule has 0 aliphatic rings. The lowest BCUT2D eigenvalue weighted by Gasteiger charge is -2.18. The summed E-state index contributed by atoms with van der Waals surface area (Å²) in [6.45, 7) is 3.46. The van der Waals surface area contributed by atoms with Crippen molar-refractivity contribution in [1.82, 2.24) is 0 Å². The second-order valence-electron chi connectivity index (χ2n) is 12.2. The highest BCUT2D eigenvalue weighted by molar-refractivity contribution is 7.46. The third-order valence-electron chi connectivity index (χ3n) is 7.40. The number of ether oxygens (including phenoxy) is 2. The van der Waals surface area contributed by atoms with Crippen molar-refractivity contribution < 1.29 is 37.9 Å². The fourth-order valence-corrected chi connectivity index (χ4v) is 4.96. The van der Waals surface area contributed by atoms with Crippen molar-refractivity contribution in [2.75, 3.05) is 13.2 Å². The number of hydrogen-bond acceptors (Lipinski definition) is 6. The van der Waals surface area contributed by atoms with E-state index in [1.807, 2.05) is 0 Å². The molecule has 0 aromatic heterocycles. The van der Waals surface area contributed by atoms with Crippen LogP contribution in [0.5, 0.6) is 0 Å². The molecule has 0 spiro atoms. The smallest absolute Gasteiger partial charge is 0.462 e. The van der Waals surface area contributed by atoms with Crippen molar-refractivity contribution in [2.45, 2.75) is 148 Å². The number of unbranched alkanes of at least 4 members (excludes halogenated alkanes) is 9. The van der Waals surface area contributed by atoms with Crippen LogP contribution in [0.4, 0.5) is 0 Å². The zero-order valence-electron chi connectivity index (χ0n) is 31.0. The van der Waals surface area contributed by atoms with Crippen molar-refractivity contribution in [3.8, 4) is 0 Å². The molecule has 9 heteroatoms. The van der Waals surface area contributed by atoms with E-state index in [9.17, 15) is 14.2 Å². The molecule has 0 saturated carbocycles. The van der Waals surface area contributed by atoms with Crippen LogP contribution in [-0.2, 0) is 28.2 Å². The van der Waals surface area contributed by atoms with Gasteiger partial charge in [-0.1, -0.05) is 125 Å². The van der Waals surface area contributed by atoms with Gasteiger partial charge in [-0.25, -0.2) is 4.57 Å². The van der Waals surface area contributed by atoms with E-state index in [0.29, 0.717) is 12.8 Å². The third kappa shape index (κ3) is 38.0. The fraction of sp³-hybridized carbons (Fsp3) is 0.610. The quantitative estimate of drug-likeness (QED) is 0.0298. The first-order chi connectivity index (χ1) is 24.3. The molecule has 284 valence electrons. The van der Waals surface area contributed by atoms with Crippen molar-refractivity contribution in [1.29, 1.82) is 0 Å². The van der Waals surface area contributed by atoms with Gasteiger partial charge in [-0.2, -0.15) is 0 Å². The molecule has 0 rings (SSSR count). The van der Waals surface area contributed by atoms with Gasteiger partial charge in [0, 0.05) is 12.8 Å². The second kappa shape index (κ2) is 36.0. The Morgan fingerprint density at radius 2 is 0.960 bits per heavy atom. The number of hydrogen-bond donors (Lipinski definition) is 2. The predicted octanol–water partition coefficient (Wildman–Crippen LogP) is 11.3. The van der Waals surface area contributed by atoms with Crippen LogP contribution in [0.2, 0.25) is 0 Å². The topological polar surface area (TPSA) is 119 Å². The molecule has 0 radical (unpaired) electrons. The minimum absolute atomic E-state index is 0.172. The highest BCUT2D eigenvalue weighted by Crippen LogP contribution is 2.35. The van der Waals surface area contributed by atoms with Gasteiger partial charge < -0.3 is 19.3 Å². The first-order valence-electron chi connectivity index (χ1n) is 18.9. The van der Waals surface area contributed by atoms with E-state index in [-0.39, 0.29) is 19.4 Å². The largest absolute Gasteiger partial charge is 0.469 e. The van der Waals surface area contributed by atoms with E-state index >= 15 is 0 Å². The Morgan fingerprint density at radius 1 is 0.540 bits per heavy atom. The van der Waals surface area contributed by atoms with Crippen LogP contribution >= 0.6 is 7.82 Å². The van der Waals surface area contributed by atoms with E-state index in [4.69, 9.17) is 19.3 Å². The molecule has 0 saturated heterocycles. The zero-order chi connectivity index (χ0) is 36.8. The Kier molecular flexibility index (Phi) is 34.0. The predicted molar refractivity (Wildman–Crippen MR) is 207 cm³/mol. The van der Waals surface area contributed by atoms with Crippen molar-refractivity contribution >= 4 is 19.8 Å². The molecule has 0 aromatic rings. The molecular formula is C41H67O8P. The highest BCUT2D eigenvalue weighted by Gasteiger charge is 2.22. The summed E-state index contributed by atoms with van der Waals surface area (Å²) in [4.78, 5) is 42.7. The minimum atomic E-state index is -4.77. The molecule has 0 aliphatic heterocycles. The summed E-state index contributed by atoms with van der Waals surface area (Å²) < 4.78 is 26.3. The van der Waals surface area contributed by atoms with Crippen LogP contribution < -0.4 is 0 Å². The van der Waals surface area contributed by atoms with Gasteiger partial charge in [-0.15, -0.1) is 0 Å². The fourth-order valence-electron chi connectivity index (χ4n) is 4.60. The summed E-state index contributed by atoms with van der Waals surface area (Å²) >= 11 is 0. The molecule has 0 unspecified atom stereocenters. The van der Waals surface area contributed by atoms with Crippen molar-refractivity contribution in [2.24, 2.45) is 0 Å². The summed E-state index contributed by atoms with van der Waals surface area (Å²) in [7, 11) is -4.77. The van der Waals surface area contributed by atoms with Gasteiger partial charge in [0.15, 0.2) is 6.10 Å². The zero-order valence-corrected chi connectivity index (χ0v) is 31.9. The lowest BCUT2D eigenvalue weighted by atomic mass is 10.1. The Bertz CT molecular complexity index is 1080. The lowest BCUT2D eigenvalue weighted by Crippen LogP contribution is -2.29. The first-order valence-corrected chi connectivity index (χ1v) is 20.4. The maximum Gasteiger partial charge on any atom is 0.469 e. The maximum atomic E-state index is 12.4. The SMILES string of the molecule is CC/C=C/C/C=C/C/C=C/C/C=C/CCCCC(=O)OC[C@H](COP(=O)(O)O)OC(=O)CCCCCC/C=C/C/C=C/C/C=C/CCCCC. The van der Waals surface area contributed by atoms with Gasteiger partial charge in [0.2, 0.25) is 0 Å². The number of phosphoric acid groups is 1. The summed E-state index contributed by atoms with van der Waals surface area (Å²) in [5.41, 5.74) is 0. The van der Waals surface area contributed by atoms with E-state index in [2.05, 4.69) is 103 Å². The number of carbonyl (C=O) groups is 2. The van der Waals surface area contributed by atoms with Gasteiger partial charge >= 0.3 is 19.8 Å². The summed E-state index contributed by atoms with van der Waals surface area (Å²) in [5, 5.41) is 0. The van der Waals surface area contributed by atoms with E-state index in [0.717, 1.165) is 77.0 Å². The Labute approximate surface area is 303 Å². The van der Waals surface area contributed by atoms with Gasteiger partial charge in [0.1, 0.15) is 6.61 Å². The van der Waals surface area contributed by atoms with Crippen LogP contribution in [0.1, 0.15) is 142 Å². The molecule has 0 aromatic carbocycles. The average molecular weight is 719 g/mol. The Morgan fingerprint density at radius 3 is 1.46 bits per heavy atom. The second-order valence-corrected chi connectivity index (χ2v) is 13.4. The van der Waals surface area contributed by atoms with Crippen LogP contribution in [-0.4, -0.2) is 41.0 Å². The standard InChI is InChI=1S/C41H67O8P/c1-3-5-7-9-11-13-15-17-19-20-22-24-26-28-30-32-34-36-41(43)49-39(38-48-50(44,45)46)37-47-40(42)35-33-31-29-27-25-23-21-18-16-14-12-10-8-6-4-2/h6,8,11-14,17-19,21-22,24-25,27,39H,3-5,7,9-10,15-16,20,23,26,28-38H2,1-2H3,(H2,44,45,46)/b8-6+,13-11+,14-12+,19-17+,21-18+,24-22+,27-25+/t39-/m1/s1. The molecule has 0 amide bonds. The van der Waals surface area contributed by atoms with Crippen LogP contribution in [0, 0.1) is 0 Å². The number of allylic oxidation sites excluding steroid dienone is 14. The Balaban J connectivity index is 4.11. The van der Waals surface area contributed by atoms with Gasteiger partial charge in [-0.05, 0) is 89.9 Å². The molecule has 0 fully saturated rings. The average Bonchev–Trinajstić information content (AvgIpc) is 3.08. The molecule has 8 nitrogen and oxygen atoms in total. The molecule has 2 N–H and O–H groups in total. The van der Waals surface area contributed by atoms with E-state index < -0.39 is 32.5 Å². The molecular weight excluding hydrogens is 651 g/mol. The summed E-state index contributed by atoms with van der Waals surface area (Å²) in [6.07, 6.45) is 47.3. The van der Waals surface area contributed by atoms with Crippen LogP contribution in [0.25, 0.3) is 0 Å². The first kappa shape index (κ1) is 47.2. The van der Waals surface area contributed by atoms with Gasteiger partial charge in [0.05, 0.1) is 6.61 Å². The lowest BCUT2D eigenvalue weighted by molar-refractivity contribution is -0.161. The van der Waals surface area contributed by atoms with Crippen LogP contribution in [0.3, 0.4) is 0 Å². The van der Waals surface area contributed by atoms with Crippen molar-refractivity contribution in [3.63, 3.8) is 0 Å². The van der Waals surface area contributed by atoms with E-state index in [1.54, 1.807) is 0 Å². The molecule has 1 atom stereocenters. The van der Waals surface area contributed by atoms with Crippen LogP contribution in [0.15, 0.2) is 85.1 Å². The number of carbonyl (C=O) groups excluding carboxylic acids is 2. The molecule has 50 heavy (non-hydrogen) atoms. The minimum Gasteiger partial charge on any atom is -0.462 e. The number of phosphoric ester groups is 1. The highest BCUT2D eigenvalue weighted by atomic mass is 31.2. The molecule has 0 aliphatic carbocycles. The monoisotopic (exact) mass is 718 g/mol. The van der Waals surface area contributed by atoms with Gasteiger partial charge in [-0.3, -0.25) is 14.1 Å². The number of esters is 2. The van der Waals surface area contributed by atoms with Gasteiger partial charge in [0.25, 0.3) is 0 Å². The maximum absolute atomic E-state index is 12.4. The molecule has 0 bridgehead atoms. The third-order valence-corrected chi connectivity index (χ3v) is 7.88. The van der Waals surface area contributed by atoms with E-state index in [1.165, 1.54) is 25.7 Å². The summed E-state index contributed by atoms with van der Waals surface area (Å²) in [6, 6.07) is 0. The molecule has 0 heterocycles. The van der Waals surface area contributed by atoms with Crippen molar-refractivity contribution in [3.05, 3.63) is 85.1 Å². The number of rotatable bonds is 33. The normalized spacial score (nSPS) is 13.4.